The number of rotatable bonds is 5. The van der Waals surface area contributed by atoms with Gasteiger partial charge in [0.1, 0.15) is 0 Å². The van der Waals surface area contributed by atoms with E-state index in [0.29, 0.717) is 0 Å². The average molecular weight is 245 g/mol. The summed E-state index contributed by atoms with van der Waals surface area (Å²) in [5, 5.41) is 0. The van der Waals surface area contributed by atoms with Crippen LogP contribution in [0.4, 0.5) is 0 Å². The molecule has 5 nitrogen and oxygen atoms in total. The fourth-order valence-corrected chi connectivity index (χ4v) is 1.23. The van der Waals surface area contributed by atoms with Crippen molar-refractivity contribution >= 4 is 16.0 Å². The third-order valence-corrected chi connectivity index (χ3v) is 2.23. The number of hydrogen-bond acceptors (Lipinski definition) is 4. The number of hydrogen-bond donors (Lipinski definition) is 0. The summed E-state index contributed by atoms with van der Waals surface area (Å²) in [6.45, 7) is 3.51. The quantitative estimate of drug-likeness (QED) is 0.287. The van der Waals surface area contributed by atoms with E-state index in [1.807, 2.05) is 0 Å². The van der Waals surface area contributed by atoms with Crippen molar-refractivity contribution in [3.05, 3.63) is 12.7 Å². The predicted molar refractivity (Wildman–Crippen MR) is 47.0 cm³/mol. The molecule has 0 fully saturated rings. The number of amides is 1. The van der Waals surface area contributed by atoms with Crippen LogP contribution in [0.25, 0.3) is 0 Å². The zero-order valence-electron chi connectivity index (χ0n) is 8.39. The first-order chi connectivity index (χ1) is 5.87. The summed E-state index contributed by atoms with van der Waals surface area (Å²) in [7, 11) is -2.65. The van der Waals surface area contributed by atoms with Gasteiger partial charge in [0.15, 0.2) is 0 Å². The van der Waals surface area contributed by atoms with Gasteiger partial charge in [0.25, 0.3) is 0 Å². The maximum Gasteiger partial charge on any atom is 1.00 e. The molecule has 0 saturated heterocycles. The van der Waals surface area contributed by atoms with E-state index >= 15 is 0 Å². The third-order valence-electron chi connectivity index (χ3n) is 1.44. The standard InChI is InChI=1S/C7H13NO4S.K/c1-3-7(9)8(2)5-4-6-13(10,11)12;/h3H,1,4-6H2,2H3,(H,10,11,12);/q;+1/p-1. The van der Waals surface area contributed by atoms with Crippen molar-refractivity contribution in [2.75, 3.05) is 19.3 Å². The van der Waals surface area contributed by atoms with Crippen molar-refractivity contribution in [2.45, 2.75) is 6.42 Å². The number of carbonyl (C=O) groups is 1. The SMILES string of the molecule is C=CC(=O)N(C)CCCS(=O)(=O)[O-].[K+]. The van der Waals surface area contributed by atoms with Gasteiger partial charge in [-0.2, -0.15) is 0 Å². The van der Waals surface area contributed by atoms with Gasteiger partial charge in [-0.15, -0.1) is 0 Å². The Labute approximate surface area is 127 Å². The first-order valence-electron chi connectivity index (χ1n) is 3.68. The van der Waals surface area contributed by atoms with Crippen LogP contribution in [-0.2, 0) is 14.9 Å². The summed E-state index contributed by atoms with van der Waals surface area (Å²) in [6.07, 6.45) is 1.29. The molecular formula is C7H12KNO4S. The van der Waals surface area contributed by atoms with E-state index in [4.69, 9.17) is 0 Å². The van der Waals surface area contributed by atoms with Gasteiger partial charge >= 0.3 is 51.4 Å². The second-order valence-corrected chi connectivity index (χ2v) is 4.10. The van der Waals surface area contributed by atoms with Crippen LogP contribution in [0.15, 0.2) is 12.7 Å². The van der Waals surface area contributed by atoms with Gasteiger partial charge < -0.3 is 9.45 Å². The Bertz CT molecular complexity index is 288. The zero-order valence-corrected chi connectivity index (χ0v) is 12.3. The molecule has 14 heavy (non-hydrogen) atoms. The van der Waals surface area contributed by atoms with Gasteiger partial charge in [-0.1, -0.05) is 6.58 Å². The molecule has 7 heteroatoms. The van der Waals surface area contributed by atoms with Crippen molar-refractivity contribution in [3.63, 3.8) is 0 Å². The van der Waals surface area contributed by atoms with Crippen LogP contribution < -0.4 is 51.4 Å². The summed E-state index contributed by atoms with van der Waals surface area (Å²) in [4.78, 5) is 12.2. The Morgan fingerprint density at radius 3 is 2.43 bits per heavy atom. The molecule has 0 aliphatic rings. The fourth-order valence-electron chi connectivity index (χ4n) is 0.745. The molecule has 0 aliphatic heterocycles. The molecule has 0 bridgehead atoms. The van der Waals surface area contributed by atoms with E-state index in [9.17, 15) is 17.8 Å². The monoisotopic (exact) mass is 245 g/mol. The van der Waals surface area contributed by atoms with E-state index in [1.54, 1.807) is 0 Å². The van der Waals surface area contributed by atoms with Crippen LogP contribution in [0.2, 0.25) is 0 Å². The molecule has 0 saturated carbocycles. The summed E-state index contributed by atoms with van der Waals surface area (Å²) < 4.78 is 30.5. The molecule has 0 unspecified atom stereocenters. The Morgan fingerprint density at radius 2 is 2.07 bits per heavy atom. The van der Waals surface area contributed by atoms with Crippen molar-refractivity contribution in [3.8, 4) is 0 Å². The Kier molecular flexibility index (Phi) is 9.77. The van der Waals surface area contributed by atoms with Crippen LogP contribution in [0, 0.1) is 0 Å². The van der Waals surface area contributed by atoms with E-state index in [2.05, 4.69) is 6.58 Å². The Hall–Kier alpha value is 0.756. The van der Waals surface area contributed by atoms with Crippen LogP contribution in [-0.4, -0.2) is 43.1 Å². The fraction of sp³-hybridized carbons (Fsp3) is 0.571. The largest absolute Gasteiger partial charge is 1.00 e. The maximum absolute atomic E-state index is 10.8. The van der Waals surface area contributed by atoms with Crippen molar-refractivity contribution in [1.82, 2.24) is 4.90 Å². The average Bonchev–Trinajstić information content (AvgIpc) is 2.00. The second-order valence-electron chi connectivity index (χ2n) is 2.58. The molecule has 0 aliphatic carbocycles. The molecule has 0 aromatic heterocycles. The second kappa shape index (κ2) is 7.97. The van der Waals surface area contributed by atoms with Gasteiger partial charge in [-0.3, -0.25) is 4.79 Å². The van der Waals surface area contributed by atoms with Crippen LogP contribution >= 0.6 is 0 Å². The maximum atomic E-state index is 10.8. The summed E-state index contributed by atoms with van der Waals surface area (Å²) >= 11 is 0. The molecule has 0 aromatic carbocycles. The predicted octanol–water partition coefficient (Wildman–Crippen LogP) is -3.43. The van der Waals surface area contributed by atoms with Gasteiger partial charge in [0, 0.05) is 19.3 Å². The van der Waals surface area contributed by atoms with Crippen molar-refractivity contribution in [1.29, 1.82) is 0 Å². The normalized spacial score (nSPS) is 10.1. The minimum atomic E-state index is -4.17. The van der Waals surface area contributed by atoms with Gasteiger partial charge in [-0.05, 0) is 12.5 Å². The third kappa shape index (κ3) is 9.32. The van der Waals surface area contributed by atoms with E-state index in [1.165, 1.54) is 11.9 Å². The molecule has 0 atom stereocenters. The molecule has 0 heterocycles. The van der Waals surface area contributed by atoms with E-state index in [0.717, 1.165) is 6.08 Å². The van der Waals surface area contributed by atoms with Crippen molar-refractivity contribution < 1.29 is 69.1 Å². The molecule has 0 spiro atoms. The number of nitrogens with zero attached hydrogens (tertiary/aromatic N) is 1. The summed E-state index contributed by atoms with van der Waals surface area (Å²) in [6, 6.07) is 0. The molecule has 0 aromatic rings. The first kappa shape index (κ1) is 17.2. The van der Waals surface area contributed by atoms with Gasteiger partial charge in [0.05, 0.1) is 10.1 Å². The minimum absolute atomic E-state index is 0. The van der Waals surface area contributed by atoms with E-state index < -0.39 is 15.9 Å². The topological polar surface area (TPSA) is 77.5 Å². The molecule has 0 radical (unpaired) electrons. The molecule has 0 N–H and O–H groups in total. The molecule has 76 valence electrons. The molecule has 1 amide bonds. The van der Waals surface area contributed by atoms with Gasteiger partial charge in [0.2, 0.25) is 5.91 Å². The summed E-state index contributed by atoms with van der Waals surface area (Å²) in [5.41, 5.74) is 0. The smallest absolute Gasteiger partial charge is 0.748 e. The first-order valence-corrected chi connectivity index (χ1v) is 5.25. The Morgan fingerprint density at radius 1 is 1.57 bits per heavy atom. The molecule has 0 rings (SSSR count). The minimum Gasteiger partial charge on any atom is -0.748 e. The molecular weight excluding hydrogens is 233 g/mol. The van der Waals surface area contributed by atoms with Gasteiger partial charge in [-0.25, -0.2) is 8.42 Å². The van der Waals surface area contributed by atoms with E-state index in [-0.39, 0.29) is 70.3 Å². The van der Waals surface area contributed by atoms with Crippen molar-refractivity contribution in [2.24, 2.45) is 0 Å². The van der Waals surface area contributed by atoms with Crippen LogP contribution in [0.3, 0.4) is 0 Å². The Balaban J connectivity index is 0. The number of likely N-dealkylation sites (N-methyl/N-ethyl adjacent to an activating group) is 1. The number of carbonyl (C=O) groups excluding carboxylic acids is 1. The van der Waals surface area contributed by atoms with Crippen LogP contribution in [0.1, 0.15) is 6.42 Å². The summed E-state index contributed by atoms with van der Waals surface area (Å²) in [5.74, 6) is -0.731. The van der Waals surface area contributed by atoms with Crippen LogP contribution in [0.5, 0.6) is 0 Å². The zero-order chi connectivity index (χ0) is 10.5.